The molecule has 0 radical (unpaired) electrons. The van der Waals surface area contributed by atoms with Crippen molar-refractivity contribution >= 4 is 11.6 Å². The van der Waals surface area contributed by atoms with Crippen LogP contribution in [0.1, 0.15) is 19.8 Å². The van der Waals surface area contributed by atoms with Gasteiger partial charge in [-0.25, -0.2) is 0 Å². The lowest BCUT2D eigenvalue weighted by Crippen LogP contribution is -2.49. The Morgan fingerprint density at radius 2 is 2.05 bits per heavy atom. The highest BCUT2D eigenvalue weighted by atomic mass is 16.2. The number of carbonyl (C=O) groups excluding carboxylic acids is 1. The second kappa shape index (κ2) is 6.17. The Kier molecular flexibility index (Phi) is 4.56. The summed E-state index contributed by atoms with van der Waals surface area (Å²) in [6, 6.07) is 9.69. The van der Waals surface area contributed by atoms with Gasteiger partial charge < -0.3 is 11.1 Å². The highest BCUT2D eigenvalue weighted by Gasteiger charge is 2.35. The van der Waals surface area contributed by atoms with Crippen LogP contribution in [0.25, 0.3) is 0 Å². The summed E-state index contributed by atoms with van der Waals surface area (Å²) in [4.78, 5) is 14.3. The largest absolute Gasteiger partial charge is 0.329 e. The second-order valence-electron chi connectivity index (χ2n) is 5.34. The first kappa shape index (κ1) is 14.0. The summed E-state index contributed by atoms with van der Waals surface area (Å²) >= 11 is 0. The van der Waals surface area contributed by atoms with Crippen LogP contribution in [0.15, 0.2) is 30.3 Å². The number of carbonyl (C=O) groups is 1. The van der Waals surface area contributed by atoms with Crippen molar-refractivity contribution in [3.8, 4) is 0 Å². The SMILES string of the molecule is CC(C(=O)Nc1ccccc1)N(C)C(CN)C1CC1. The van der Waals surface area contributed by atoms with Crippen molar-refractivity contribution in [3.63, 3.8) is 0 Å². The third-order valence-electron chi connectivity index (χ3n) is 3.96. The van der Waals surface area contributed by atoms with E-state index in [2.05, 4.69) is 10.2 Å². The number of benzene rings is 1. The Labute approximate surface area is 115 Å². The molecule has 1 aromatic rings. The average Bonchev–Trinajstić information content (AvgIpc) is 3.24. The molecule has 1 fully saturated rings. The highest BCUT2D eigenvalue weighted by molar-refractivity contribution is 5.94. The topological polar surface area (TPSA) is 58.4 Å². The molecule has 2 unspecified atom stereocenters. The van der Waals surface area contributed by atoms with Crippen LogP contribution in [-0.2, 0) is 4.79 Å². The van der Waals surface area contributed by atoms with Crippen molar-refractivity contribution < 1.29 is 4.79 Å². The second-order valence-corrected chi connectivity index (χ2v) is 5.34. The fraction of sp³-hybridized carbons (Fsp3) is 0.533. The van der Waals surface area contributed by atoms with E-state index in [1.807, 2.05) is 44.3 Å². The summed E-state index contributed by atoms with van der Waals surface area (Å²) in [5.41, 5.74) is 6.67. The molecule has 4 nitrogen and oxygen atoms in total. The van der Waals surface area contributed by atoms with Gasteiger partial charge >= 0.3 is 0 Å². The minimum atomic E-state index is -0.172. The lowest BCUT2D eigenvalue weighted by Gasteiger charge is -2.31. The van der Waals surface area contributed by atoms with E-state index < -0.39 is 0 Å². The van der Waals surface area contributed by atoms with Crippen molar-refractivity contribution in [1.29, 1.82) is 0 Å². The molecular formula is C15H23N3O. The fourth-order valence-electron chi connectivity index (χ4n) is 2.41. The van der Waals surface area contributed by atoms with Gasteiger partial charge in [0.25, 0.3) is 0 Å². The maximum absolute atomic E-state index is 12.2. The summed E-state index contributed by atoms with van der Waals surface area (Å²) < 4.78 is 0. The number of amides is 1. The first-order valence-corrected chi connectivity index (χ1v) is 6.91. The predicted molar refractivity (Wildman–Crippen MR) is 77.9 cm³/mol. The van der Waals surface area contributed by atoms with E-state index in [0.717, 1.165) is 5.69 Å². The number of nitrogens with two attached hydrogens (primary N) is 1. The molecule has 0 spiro atoms. The van der Waals surface area contributed by atoms with Crippen LogP contribution in [-0.4, -0.2) is 36.5 Å². The van der Waals surface area contributed by atoms with Gasteiger partial charge in [-0.2, -0.15) is 0 Å². The third-order valence-corrected chi connectivity index (χ3v) is 3.96. The number of hydrogen-bond acceptors (Lipinski definition) is 3. The molecule has 4 heteroatoms. The zero-order valence-electron chi connectivity index (χ0n) is 11.7. The Bertz CT molecular complexity index is 417. The van der Waals surface area contributed by atoms with Crippen LogP contribution >= 0.6 is 0 Å². The summed E-state index contributed by atoms with van der Waals surface area (Å²) in [6.45, 7) is 2.55. The number of nitrogens with one attached hydrogen (secondary N) is 1. The quantitative estimate of drug-likeness (QED) is 0.819. The van der Waals surface area contributed by atoms with Crippen LogP contribution in [0.3, 0.4) is 0 Å². The standard InChI is InChI=1S/C15H23N3O/c1-11(18(2)14(10-16)12-8-9-12)15(19)17-13-6-4-3-5-7-13/h3-7,11-12,14H,8-10,16H2,1-2H3,(H,17,19). The Morgan fingerprint density at radius 1 is 1.42 bits per heavy atom. The van der Waals surface area contributed by atoms with E-state index in [9.17, 15) is 4.79 Å². The summed E-state index contributed by atoms with van der Waals surface area (Å²) in [7, 11) is 1.99. The monoisotopic (exact) mass is 261 g/mol. The smallest absolute Gasteiger partial charge is 0.241 e. The molecule has 0 bridgehead atoms. The maximum Gasteiger partial charge on any atom is 0.241 e. The number of rotatable bonds is 6. The number of para-hydroxylation sites is 1. The minimum Gasteiger partial charge on any atom is -0.329 e. The lowest BCUT2D eigenvalue weighted by molar-refractivity contribution is -0.121. The van der Waals surface area contributed by atoms with E-state index in [-0.39, 0.29) is 11.9 Å². The van der Waals surface area contributed by atoms with E-state index in [1.54, 1.807) is 0 Å². The number of hydrogen-bond donors (Lipinski definition) is 2. The minimum absolute atomic E-state index is 0.0211. The van der Waals surface area contributed by atoms with Crippen molar-refractivity contribution in [1.82, 2.24) is 4.90 Å². The summed E-state index contributed by atoms with van der Waals surface area (Å²) in [5, 5.41) is 2.94. The molecule has 1 amide bonds. The maximum atomic E-state index is 12.2. The van der Waals surface area contributed by atoms with E-state index in [4.69, 9.17) is 5.73 Å². The van der Waals surface area contributed by atoms with E-state index >= 15 is 0 Å². The van der Waals surface area contributed by atoms with E-state index in [0.29, 0.717) is 18.5 Å². The molecule has 1 aliphatic carbocycles. The van der Waals surface area contributed by atoms with Crippen molar-refractivity contribution in [3.05, 3.63) is 30.3 Å². The van der Waals surface area contributed by atoms with Gasteiger partial charge in [-0.15, -0.1) is 0 Å². The first-order valence-electron chi connectivity index (χ1n) is 6.91. The molecule has 1 aromatic carbocycles. The molecule has 1 saturated carbocycles. The molecule has 2 rings (SSSR count). The van der Waals surface area contributed by atoms with Gasteiger partial charge in [-0.05, 0) is 44.9 Å². The Hall–Kier alpha value is -1.39. The molecular weight excluding hydrogens is 238 g/mol. The molecule has 0 aromatic heterocycles. The molecule has 0 saturated heterocycles. The number of likely N-dealkylation sites (N-methyl/N-ethyl adjacent to an activating group) is 1. The van der Waals surface area contributed by atoms with Crippen molar-refractivity contribution in [2.75, 3.05) is 18.9 Å². The van der Waals surface area contributed by atoms with Crippen LogP contribution in [0.5, 0.6) is 0 Å². The third kappa shape index (κ3) is 3.55. The van der Waals surface area contributed by atoms with Crippen LogP contribution in [0.2, 0.25) is 0 Å². The van der Waals surface area contributed by atoms with Gasteiger partial charge in [0.2, 0.25) is 5.91 Å². The zero-order valence-corrected chi connectivity index (χ0v) is 11.7. The molecule has 19 heavy (non-hydrogen) atoms. The number of nitrogens with zero attached hydrogens (tertiary/aromatic N) is 1. The van der Waals surface area contributed by atoms with Crippen LogP contribution in [0, 0.1) is 5.92 Å². The van der Waals surface area contributed by atoms with Crippen molar-refractivity contribution in [2.45, 2.75) is 31.8 Å². The van der Waals surface area contributed by atoms with Gasteiger partial charge in [0.1, 0.15) is 0 Å². The van der Waals surface area contributed by atoms with Gasteiger partial charge in [0.05, 0.1) is 6.04 Å². The lowest BCUT2D eigenvalue weighted by atomic mass is 10.1. The molecule has 2 atom stereocenters. The van der Waals surface area contributed by atoms with Crippen molar-refractivity contribution in [2.24, 2.45) is 11.7 Å². The van der Waals surface area contributed by atoms with Crippen LogP contribution < -0.4 is 11.1 Å². The zero-order chi connectivity index (χ0) is 13.8. The van der Waals surface area contributed by atoms with Gasteiger partial charge in [-0.1, -0.05) is 18.2 Å². The molecule has 104 valence electrons. The van der Waals surface area contributed by atoms with Crippen LogP contribution in [0.4, 0.5) is 5.69 Å². The summed E-state index contributed by atoms with van der Waals surface area (Å²) in [6.07, 6.45) is 2.47. The normalized spacial score (nSPS) is 18.1. The molecule has 0 aliphatic heterocycles. The van der Waals surface area contributed by atoms with Gasteiger partial charge in [-0.3, -0.25) is 9.69 Å². The fourth-order valence-corrected chi connectivity index (χ4v) is 2.41. The summed E-state index contributed by atoms with van der Waals surface area (Å²) in [5.74, 6) is 0.690. The predicted octanol–water partition coefficient (Wildman–Crippen LogP) is 1.68. The Morgan fingerprint density at radius 3 is 2.58 bits per heavy atom. The van der Waals surface area contributed by atoms with Gasteiger partial charge in [0.15, 0.2) is 0 Å². The molecule has 0 heterocycles. The number of anilines is 1. The highest BCUT2D eigenvalue weighted by Crippen LogP contribution is 2.35. The molecule has 1 aliphatic rings. The Balaban J connectivity index is 1.94. The average molecular weight is 261 g/mol. The first-order chi connectivity index (χ1) is 9.13. The van der Waals surface area contributed by atoms with Gasteiger partial charge in [0, 0.05) is 18.3 Å². The molecule has 3 N–H and O–H groups in total. The van der Waals surface area contributed by atoms with E-state index in [1.165, 1.54) is 12.8 Å².